The molecule has 0 atom stereocenters. The molecule has 1 aromatic heterocycles. The van der Waals surface area contributed by atoms with Gasteiger partial charge in [-0.15, -0.1) is 0 Å². The van der Waals surface area contributed by atoms with Crippen molar-refractivity contribution in [2.75, 3.05) is 0 Å². The summed E-state index contributed by atoms with van der Waals surface area (Å²) in [5, 5.41) is 10.5. The van der Waals surface area contributed by atoms with Gasteiger partial charge in [0.05, 0.1) is 11.9 Å². The van der Waals surface area contributed by atoms with Crippen molar-refractivity contribution in [2.24, 2.45) is 5.10 Å². The highest BCUT2D eigenvalue weighted by Crippen LogP contribution is 2.16. The molecule has 0 aliphatic rings. The lowest BCUT2D eigenvalue weighted by atomic mass is 10.1. The summed E-state index contributed by atoms with van der Waals surface area (Å²) in [5.41, 5.74) is 4.46. The lowest BCUT2D eigenvalue weighted by molar-refractivity contribution is 0.0950. The highest BCUT2D eigenvalue weighted by atomic mass is 19.1. The molecule has 0 saturated carbocycles. The monoisotopic (exact) mass is 308 g/mol. The standard InChI is InChI=1S/C17H13FN4O/c18-14-9-5-4-8-13(14)11-19-22-17(23)16-10-15(20-21-16)12-6-2-1-3-7-12/h1-11H,(H,20,21)(H,22,23). The summed E-state index contributed by atoms with van der Waals surface area (Å²) in [6.45, 7) is 0. The fourth-order valence-electron chi connectivity index (χ4n) is 2.00. The number of aromatic amines is 1. The van der Waals surface area contributed by atoms with Crippen LogP contribution in [0.2, 0.25) is 0 Å². The lowest BCUT2D eigenvalue weighted by Crippen LogP contribution is -2.18. The first-order chi connectivity index (χ1) is 11.2. The van der Waals surface area contributed by atoms with Crippen LogP contribution < -0.4 is 5.43 Å². The van der Waals surface area contributed by atoms with Crippen molar-refractivity contribution in [3.8, 4) is 11.3 Å². The number of nitrogens with one attached hydrogen (secondary N) is 2. The number of amides is 1. The van der Waals surface area contributed by atoms with E-state index in [0.717, 1.165) is 5.56 Å². The fourth-order valence-corrected chi connectivity index (χ4v) is 2.00. The number of hydrazone groups is 1. The Hall–Kier alpha value is -3.28. The number of aromatic nitrogens is 2. The predicted octanol–water partition coefficient (Wildman–Crippen LogP) is 2.98. The first-order valence-electron chi connectivity index (χ1n) is 6.93. The Kier molecular flexibility index (Phi) is 4.24. The molecule has 2 aromatic carbocycles. The number of carbonyl (C=O) groups is 1. The van der Waals surface area contributed by atoms with Gasteiger partial charge >= 0.3 is 0 Å². The summed E-state index contributed by atoms with van der Waals surface area (Å²) in [6, 6.07) is 17.3. The van der Waals surface area contributed by atoms with Crippen molar-refractivity contribution in [1.29, 1.82) is 0 Å². The van der Waals surface area contributed by atoms with Gasteiger partial charge < -0.3 is 0 Å². The van der Waals surface area contributed by atoms with Gasteiger partial charge in [0.1, 0.15) is 11.5 Å². The summed E-state index contributed by atoms with van der Waals surface area (Å²) >= 11 is 0. The van der Waals surface area contributed by atoms with E-state index in [1.54, 1.807) is 24.3 Å². The van der Waals surface area contributed by atoms with Crippen LogP contribution in [-0.2, 0) is 0 Å². The third-order valence-corrected chi connectivity index (χ3v) is 3.17. The van der Waals surface area contributed by atoms with Crippen LogP contribution in [0, 0.1) is 5.82 Å². The number of nitrogens with zero attached hydrogens (tertiary/aromatic N) is 2. The molecule has 0 fully saturated rings. The van der Waals surface area contributed by atoms with Crippen LogP contribution in [0.25, 0.3) is 11.3 Å². The summed E-state index contributed by atoms with van der Waals surface area (Å²) in [7, 11) is 0. The largest absolute Gasteiger partial charge is 0.289 e. The molecule has 3 rings (SSSR count). The second kappa shape index (κ2) is 6.65. The van der Waals surface area contributed by atoms with Gasteiger partial charge in [0.2, 0.25) is 0 Å². The summed E-state index contributed by atoms with van der Waals surface area (Å²) in [4.78, 5) is 12.0. The number of halogens is 1. The first-order valence-corrected chi connectivity index (χ1v) is 6.93. The van der Waals surface area contributed by atoms with Crippen LogP contribution in [0.5, 0.6) is 0 Å². The van der Waals surface area contributed by atoms with Crippen LogP contribution in [0.15, 0.2) is 65.8 Å². The fraction of sp³-hybridized carbons (Fsp3) is 0. The van der Waals surface area contributed by atoms with Crippen LogP contribution in [0.3, 0.4) is 0 Å². The van der Waals surface area contributed by atoms with E-state index in [9.17, 15) is 9.18 Å². The van der Waals surface area contributed by atoms with E-state index in [0.29, 0.717) is 11.3 Å². The molecule has 0 radical (unpaired) electrons. The Labute approximate surface area is 131 Å². The summed E-state index contributed by atoms with van der Waals surface area (Å²) in [6.07, 6.45) is 1.25. The Morgan fingerprint density at radius 1 is 1.13 bits per heavy atom. The zero-order chi connectivity index (χ0) is 16.1. The minimum Gasteiger partial charge on any atom is -0.272 e. The third-order valence-electron chi connectivity index (χ3n) is 3.17. The number of hydrogen-bond donors (Lipinski definition) is 2. The molecule has 6 heteroatoms. The molecule has 1 heterocycles. The average Bonchev–Trinajstić information content (AvgIpc) is 3.07. The summed E-state index contributed by atoms with van der Waals surface area (Å²) in [5.74, 6) is -0.856. The number of rotatable bonds is 4. The summed E-state index contributed by atoms with van der Waals surface area (Å²) < 4.78 is 13.4. The third kappa shape index (κ3) is 3.49. The van der Waals surface area contributed by atoms with Gasteiger partial charge in [-0.2, -0.15) is 10.2 Å². The van der Waals surface area contributed by atoms with Crippen LogP contribution in [0.4, 0.5) is 4.39 Å². The van der Waals surface area contributed by atoms with Gasteiger partial charge in [-0.3, -0.25) is 9.89 Å². The lowest BCUT2D eigenvalue weighted by Gasteiger charge is -1.97. The second-order valence-electron chi connectivity index (χ2n) is 4.75. The van der Waals surface area contributed by atoms with Crippen molar-refractivity contribution < 1.29 is 9.18 Å². The van der Waals surface area contributed by atoms with Gasteiger partial charge in [-0.05, 0) is 12.1 Å². The van der Waals surface area contributed by atoms with Gasteiger partial charge in [-0.1, -0.05) is 48.5 Å². The Balaban J connectivity index is 1.68. The molecule has 23 heavy (non-hydrogen) atoms. The molecule has 0 bridgehead atoms. The van der Waals surface area contributed by atoms with Gasteiger partial charge in [0.25, 0.3) is 5.91 Å². The second-order valence-corrected chi connectivity index (χ2v) is 4.75. The van der Waals surface area contributed by atoms with E-state index in [1.165, 1.54) is 12.3 Å². The van der Waals surface area contributed by atoms with Gasteiger partial charge in [0.15, 0.2) is 0 Å². The predicted molar refractivity (Wildman–Crippen MR) is 85.5 cm³/mol. The van der Waals surface area contributed by atoms with Crippen molar-refractivity contribution in [3.05, 3.63) is 77.7 Å². The molecule has 0 aliphatic carbocycles. The molecular weight excluding hydrogens is 295 g/mol. The maximum Gasteiger partial charge on any atom is 0.289 e. The highest BCUT2D eigenvalue weighted by Gasteiger charge is 2.10. The highest BCUT2D eigenvalue weighted by molar-refractivity contribution is 5.94. The normalized spacial score (nSPS) is 10.8. The number of benzene rings is 2. The quantitative estimate of drug-likeness (QED) is 0.574. The SMILES string of the molecule is O=C(NN=Cc1ccccc1F)c1cc(-c2ccccc2)n[nH]1. The average molecular weight is 308 g/mol. The molecular formula is C17H13FN4O. The van der Waals surface area contributed by atoms with E-state index in [2.05, 4.69) is 20.7 Å². The van der Waals surface area contributed by atoms with Crippen LogP contribution in [-0.4, -0.2) is 22.3 Å². The maximum absolute atomic E-state index is 13.4. The number of carbonyl (C=O) groups excluding carboxylic acids is 1. The molecule has 1 amide bonds. The van der Waals surface area contributed by atoms with E-state index in [-0.39, 0.29) is 5.69 Å². The topological polar surface area (TPSA) is 70.1 Å². The smallest absolute Gasteiger partial charge is 0.272 e. The zero-order valence-corrected chi connectivity index (χ0v) is 12.0. The number of hydrogen-bond acceptors (Lipinski definition) is 3. The van der Waals surface area contributed by atoms with Crippen molar-refractivity contribution in [1.82, 2.24) is 15.6 Å². The molecule has 5 nitrogen and oxygen atoms in total. The van der Waals surface area contributed by atoms with Crippen molar-refractivity contribution in [3.63, 3.8) is 0 Å². The molecule has 3 aromatic rings. The van der Waals surface area contributed by atoms with Gasteiger partial charge in [-0.25, -0.2) is 9.82 Å². The van der Waals surface area contributed by atoms with E-state index < -0.39 is 11.7 Å². The Bertz CT molecular complexity index is 843. The minimum atomic E-state index is -0.452. The molecule has 0 unspecified atom stereocenters. The first kappa shape index (κ1) is 14.6. The Morgan fingerprint density at radius 3 is 2.65 bits per heavy atom. The van der Waals surface area contributed by atoms with Crippen LogP contribution >= 0.6 is 0 Å². The van der Waals surface area contributed by atoms with Crippen LogP contribution in [0.1, 0.15) is 16.1 Å². The molecule has 114 valence electrons. The minimum absolute atomic E-state index is 0.273. The maximum atomic E-state index is 13.4. The van der Waals surface area contributed by atoms with E-state index in [4.69, 9.17) is 0 Å². The number of H-pyrrole nitrogens is 1. The molecule has 0 aliphatic heterocycles. The van der Waals surface area contributed by atoms with E-state index in [1.807, 2.05) is 30.3 Å². The Morgan fingerprint density at radius 2 is 1.87 bits per heavy atom. The van der Waals surface area contributed by atoms with E-state index >= 15 is 0 Å². The molecule has 0 spiro atoms. The molecule has 0 saturated heterocycles. The zero-order valence-electron chi connectivity index (χ0n) is 12.0. The van der Waals surface area contributed by atoms with Crippen molar-refractivity contribution in [2.45, 2.75) is 0 Å². The van der Waals surface area contributed by atoms with Crippen molar-refractivity contribution >= 4 is 12.1 Å². The van der Waals surface area contributed by atoms with Gasteiger partial charge in [0, 0.05) is 11.1 Å². The molecule has 2 N–H and O–H groups in total.